The molecule has 0 aliphatic carbocycles. The average Bonchev–Trinajstić information content (AvgIpc) is 2.92. The summed E-state index contributed by atoms with van der Waals surface area (Å²) in [5.74, 6) is -1.70. The molecule has 106 valence electrons. The second-order valence-electron chi connectivity index (χ2n) is 5.34. The van der Waals surface area contributed by atoms with Gasteiger partial charge >= 0.3 is 5.97 Å². The average molecular weight is 287 g/mol. The van der Waals surface area contributed by atoms with E-state index < -0.39 is 24.0 Å². The molecule has 2 N–H and O–H groups in total. The van der Waals surface area contributed by atoms with Crippen LogP contribution in [0.1, 0.15) is 19.8 Å². The summed E-state index contributed by atoms with van der Waals surface area (Å²) in [6.45, 7) is 2.24. The van der Waals surface area contributed by atoms with Gasteiger partial charge in [-0.3, -0.25) is 4.79 Å². The monoisotopic (exact) mass is 287 g/mol. The van der Waals surface area contributed by atoms with Crippen LogP contribution >= 0.6 is 11.8 Å². The topological polar surface area (TPSA) is 87.1 Å². The maximum absolute atomic E-state index is 12.0. The fourth-order valence-corrected chi connectivity index (χ4v) is 5.19. The van der Waals surface area contributed by atoms with E-state index in [0.717, 1.165) is 12.8 Å². The highest BCUT2D eigenvalue weighted by atomic mass is 32.2. The zero-order valence-corrected chi connectivity index (χ0v) is 11.4. The highest BCUT2D eigenvalue weighted by Gasteiger charge is 2.63. The summed E-state index contributed by atoms with van der Waals surface area (Å²) < 4.78 is 5.59. The molecule has 3 heterocycles. The van der Waals surface area contributed by atoms with Crippen LogP contribution in [0.4, 0.5) is 0 Å². The van der Waals surface area contributed by atoms with E-state index in [1.54, 1.807) is 6.92 Å². The maximum atomic E-state index is 12.0. The van der Waals surface area contributed by atoms with Crippen molar-refractivity contribution in [2.75, 3.05) is 6.61 Å². The van der Waals surface area contributed by atoms with Gasteiger partial charge in [0.15, 0.2) is 0 Å². The molecule has 0 aromatic rings. The molecular weight excluding hydrogens is 270 g/mol. The smallest absolute Gasteiger partial charge is 0.327 e. The van der Waals surface area contributed by atoms with Crippen LogP contribution in [-0.4, -0.2) is 62.5 Å². The quantitative estimate of drug-likeness (QED) is 0.705. The van der Waals surface area contributed by atoms with Crippen molar-refractivity contribution < 1.29 is 24.5 Å². The Hall–Kier alpha value is -0.790. The Balaban J connectivity index is 1.83. The van der Waals surface area contributed by atoms with E-state index in [2.05, 4.69) is 0 Å². The number of aliphatic carboxylic acids is 1. The molecule has 1 amide bonds. The molecule has 7 heteroatoms. The van der Waals surface area contributed by atoms with Crippen LogP contribution in [0.2, 0.25) is 0 Å². The first-order chi connectivity index (χ1) is 9.02. The number of carboxylic acids is 1. The standard InChI is InChI=1S/C12H17NO5S/c1-5(14)7-10(15)13-8(12(16)17)9(19-11(7)13)6-3-2-4-18-6/h5-9,11,14H,2-4H2,1H3,(H,16,17)/t5-,6-,7+,8?,9?,11-/m1/s1. The van der Waals surface area contributed by atoms with Gasteiger partial charge in [-0.15, -0.1) is 11.8 Å². The van der Waals surface area contributed by atoms with Gasteiger partial charge in [-0.1, -0.05) is 0 Å². The first kappa shape index (κ1) is 13.2. The van der Waals surface area contributed by atoms with E-state index >= 15 is 0 Å². The number of carboxylic acid groups (broad SMARTS) is 1. The van der Waals surface area contributed by atoms with Crippen molar-refractivity contribution in [3.63, 3.8) is 0 Å². The summed E-state index contributed by atoms with van der Waals surface area (Å²) in [5.41, 5.74) is 0. The van der Waals surface area contributed by atoms with Crippen molar-refractivity contribution in [3.05, 3.63) is 0 Å². The number of aliphatic hydroxyl groups excluding tert-OH is 1. The number of fused-ring (bicyclic) bond motifs is 1. The van der Waals surface area contributed by atoms with Crippen molar-refractivity contribution >= 4 is 23.6 Å². The predicted octanol–water partition coefficient (Wildman–Crippen LogP) is -0.101. The molecule has 3 aliphatic rings. The van der Waals surface area contributed by atoms with Crippen LogP contribution in [-0.2, 0) is 14.3 Å². The SMILES string of the molecule is C[C@@H](O)[C@H]1C(=O)N2C(C(=O)O)C([C@H]3CCCO3)S[C@H]12. The van der Waals surface area contributed by atoms with Gasteiger partial charge in [0.25, 0.3) is 0 Å². The van der Waals surface area contributed by atoms with Gasteiger partial charge in [-0.05, 0) is 19.8 Å². The lowest BCUT2D eigenvalue weighted by Crippen LogP contribution is -2.64. The van der Waals surface area contributed by atoms with Gasteiger partial charge in [0.2, 0.25) is 5.91 Å². The third-order valence-electron chi connectivity index (χ3n) is 4.13. The zero-order valence-electron chi connectivity index (χ0n) is 10.6. The van der Waals surface area contributed by atoms with Crippen molar-refractivity contribution in [2.24, 2.45) is 5.92 Å². The number of ether oxygens (including phenoxy) is 1. The van der Waals surface area contributed by atoms with Crippen LogP contribution < -0.4 is 0 Å². The van der Waals surface area contributed by atoms with Crippen LogP contribution in [0.5, 0.6) is 0 Å². The van der Waals surface area contributed by atoms with Crippen LogP contribution in [0, 0.1) is 5.92 Å². The zero-order chi connectivity index (χ0) is 13.7. The maximum Gasteiger partial charge on any atom is 0.327 e. The molecule has 3 saturated heterocycles. The minimum absolute atomic E-state index is 0.0980. The minimum atomic E-state index is -0.979. The summed E-state index contributed by atoms with van der Waals surface area (Å²) >= 11 is 1.47. The third-order valence-corrected chi connectivity index (χ3v) is 5.81. The molecule has 0 aromatic heterocycles. The van der Waals surface area contributed by atoms with E-state index in [-0.39, 0.29) is 22.6 Å². The Bertz CT molecular complexity index is 409. The second-order valence-corrected chi connectivity index (χ2v) is 6.64. The molecule has 0 bridgehead atoms. The minimum Gasteiger partial charge on any atom is -0.480 e. The Labute approximate surface area is 115 Å². The number of carbonyl (C=O) groups excluding carboxylic acids is 1. The predicted molar refractivity (Wildman–Crippen MR) is 67.6 cm³/mol. The van der Waals surface area contributed by atoms with E-state index in [1.165, 1.54) is 16.7 Å². The van der Waals surface area contributed by atoms with E-state index in [1.807, 2.05) is 0 Å². The largest absolute Gasteiger partial charge is 0.480 e. The van der Waals surface area contributed by atoms with Gasteiger partial charge in [0, 0.05) is 6.61 Å². The highest BCUT2D eigenvalue weighted by molar-refractivity contribution is 8.01. The molecule has 19 heavy (non-hydrogen) atoms. The molecule has 2 unspecified atom stereocenters. The summed E-state index contributed by atoms with van der Waals surface area (Å²) in [5, 5.41) is 18.6. The van der Waals surface area contributed by atoms with Crippen LogP contribution in [0.3, 0.4) is 0 Å². The third kappa shape index (κ3) is 1.86. The highest BCUT2D eigenvalue weighted by Crippen LogP contribution is 2.51. The molecule has 6 nitrogen and oxygen atoms in total. The number of hydrogen-bond donors (Lipinski definition) is 2. The Morgan fingerprint density at radius 2 is 2.32 bits per heavy atom. The van der Waals surface area contributed by atoms with Crippen molar-refractivity contribution in [1.82, 2.24) is 4.90 Å². The van der Waals surface area contributed by atoms with Crippen molar-refractivity contribution in [1.29, 1.82) is 0 Å². The lowest BCUT2D eigenvalue weighted by Gasteiger charge is -2.44. The number of carbonyl (C=O) groups is 2. The molecule has 0 spiro atoms. The fourth-order valence-electron chi connectivity index (χ4n) is 3.21. The summed E-state index contributed by atoms with van der Waals surface area (Å²) in [4.78, 5) is 24.9. The molecule has 6 atom stereocenters. The Morgan fingerprint density at radius 1 is 1.58 bits per heavy atom. The van der Waals surface area contributed by atoms with Gasteiger partial charge in [0.1, 0.15) is 6.04 Å². The summed E-state index contributed by atoms with van der Waals surface area (Å²) in [6.07, 6.45) is 0.945. The van der Waals surface area contributed by atoms with Crippen molar-refractivity contribution in [3.8, 4) is 0 Å². The van der Waals surface area contributed by atoms with E-state index in [9.17, 15) is 19.8 Å². The molecule has 3 fully saturated rings. The molecular formula is C12H17NO5S. The van der Waals surface area contributed by atoms with Crippen LogP contribution in [0.25, 0.3) is 0 Å². The number of amides is 1. The van der Waals surface area contributed by atoms with Crippen LogP contribution in [0.15, 0.2) is 0 Å². The number of β-lactam (4-membered cyclic amide) rings is 1. The van der Waals surface area contributed by atoms with Gasteiger partial charge in [-0.2, -0.15) is 0 Å². The van der Waals surface area contributed by atoms with Gasteiger partial charge in [-0.25, -0.2) is 4.79 Å². The Kier molecular flexibility index (Phi) is 3.23. The number of aliphatic hydroxyl groups is 1. The first-order valence-corrected chi connectivity index (χ1v) is 7.46. The number of nitrogens with zero attached hydrogens (tertiary/aromatic N) is 1. The Morgan fingerprint density at radius 3 is 2.84 bits per heavy atom. The van der Waals surface area contributed by atoms with E-state index in [0.29, 0.717) is 6.61 Å². The molecule has 0 radical (unpaired) electrons. The second kappa shape index (κ2) is 4.64. The number of hydrogen-bond acceptors (Lipinski definition) is 5. The number of thioether (sulfide) groups is 1. The van der Waals surface area contributed by atoms with Gasteiger partial charge in [0.05, 0.1) is 28.7 Å². The lowest BCUT2D eigenvalue weighted by atomic mass is 9.90. The van der Waals surface area contributed by atoms with E-state index in [4.69, 9.17) is 4.74 Å². The fraction of sp³-hybridized carbons (Fsp3) is 0.833. The summed E-state index contributed by atoms with van der Waals surface area (Å²) in [6, 6.07) is -0.819. The molecule has 3 aliphatic heterocycles. The summed E-state index contributed by atoms with van der Waals surface area (Å²) in [7, 11) is 0. The molecule has 3 rings (SSSR count). The first-order valence-electron chi connectivity index (χ1n) is 6.52. The normalized spacial score (nSPS) is 42.9. The van der Waals surface area contributed by atoms with Crippen molar-refractivity contribution in [2.45, 2.75) is 48.6 Å². The molecule has 0 aromatic carbocycles. The van der Waals surface area contributed by atoms with Gasteiger partial charge < -0.3 is 19.8 Å². The number of rotatable bonds is 3. The lowest BCUT2D eigenvalue weighted by molar-refractivity contribution is -0.168. The molecule has 0 saturated carbocycles.